The minimum Gasteiger partial charge on any atom is -0.396 e. The van der Waals surface area contributed by atoms with Crippen molar-refractivity contribution in [3.05, 3.63) is 0 Å². The Kier molecular flexibility index (Phi) is 5.56. The molecule has 1 rings (SSSR count). The van der Waals surface area contributed by atoms with Crippen molar-refractivity contribution in [2.45, 2.75) is 6.92 Å². The first kappa shape index (κ1) is 12.9. The lowest BCUT2D eigenvalue weighted by atomic mass is 9.90. The number of hydrogen-bond donors (Lipinski definition) is 1. The van der Waals surface area contributed by atoms with Crippen LogP contribution in [0.5, 0.6) is 0 Å². The summed E-state index contributed by atoms with van der Waals surface area (Å²) >= 11 is 0. The highest BCUT2D eigenvalue weighted by atomic mass is 16.6. The molecule has 0 aliphatic carbocycles. The van der Waals surface area contributed by atoms with Crippen LogP contribution in [0.4, 0.5) is 0 Å². The van der Waals surface area contributed by atoms with Crippen LogP contribution >= 0.6 is 0 Å². The number of nitrogens with one attached hydrogen (secondary N) is 1. The van der Waals surface area contributed by atoms with Gasteiger partial charge in [0.25, 0.3) is 0 Å². The van der Waals surface area contributed by atoms with E-state index in [-0.39, 0.29) is 12.7 Å². The van der Waals surface area contributed by atoms with Gasteiger partial charge in [-0.05, 0) is 7.05 Å². The lowest BCUT2D eigenvalue weighted by Crippen LogP contribution is -2.50. The molecule has 0 aromatic rings. The van der Waals surface area contributed by atoms with Crippen molar-refractivity contribution >= 4 is 7.25 Å². The van der Waals surface area contributed by atoms with E-state index in [1.807, 2.05) is 7.05 Å². The van der Waals surface area contributed by atoms with E-state index in [2.05, 4.69) is 12.2 Å². The first-order valence-corrected chi connectivity index (χ1v) is 5.17. The third kappa shape index (κ3) is 4.48. The zero-order valence-electron chi connectivity index (χ0n) is 9.75. The molecule has 15 heavy (non-hydrogen) atoms. The zero-order chi connectivity index (χ0) is 11.1. The van der Waals surface area contributed by atoms with E-state index in [0.717, 1.165) is 0 Å². The normalized spacial score (nSPS) is 20.6. The van der Waals surface area contributed by atoms with Crippen LogP contribution in [-0.2, 0) is 18.8 Å². The predicted molar refractivity (Wildman–Crippen MR) is 57.5 cm³/mol. The molecule has 0 spiro atoms. The van der Waals surface area contributed by atoms with Gasteiger partial charge in [0.2, 0.25) is 0 Å². The lowest BCUT2D eigenvalue weighted by molar-refractivity contribution is -0.0530. The maximum atomic E-state index is 5.48. The Morgan fingerprint density at radius 3 is 2.53 bits per heavy atom. The third-order valence-corrected chi connectivity index (χ3v) is 2.28. The van der Waals surface area contributed by atoms with Crippen molar-refractivity contribution in [1.29, 1.82) is 0 Å². The second-order valence-electron chi connectivity index (χ2n) is 4.10. The van der Waals surface area contributed by atoms with Gasteiger partial charge in [0.1, 0.15) is 0 Å². The highest BCUT2D eigenvalue weighted by molar-refractivity contribution is 6.41. The third-order valence-electron chi connectivity index (χ3n) is 2.28. The van der Waals surface area contributed by atoms with Crippen molar-refractivity contribution in [2.24, 2.45) is 5.41 Å². The van der Waals surface area contributed by atoms with Gasteiger partial charge in [-0.15, -0.1) is 0 Å². The van der Waals surface area contributed by atoms with E-state index in [9.17, 15) is 0 Å². The standard InChI is InChI=1S/C9H20BNO4/c1-9(6-13-5-4-12-3)7-14-10(11-2)15-8-9/h11H,4-8H2,1-3H3. The van der Waals surface area contributed by atoms with E-state index in [4.69, 9.17) is 18.8 Å². The maximum absolute atomic E-state index is 5.48. The van der Waals surface area contributed by atoms with Crippen LogP contribution in [0.1, 0.15) is 6.92 Å². The quantitative estimate of drug-likeness (QED) is 0.497. The monoisotopic (exact) mass is 217 g/mol. The summed E-state index contributed by atoms with van der Waals surface area (Å²) in [5, 5.41) is 2.91. The SMILES string of the molecule is CNB1OCC(C)(COCCOC)CO1. The Bertz CT molecular complexity index is 173. The molecule has 1 fully saturated rings. The van der Waals surface area contributed by atoms with E-state index in [1.165, 1.54) is 0 Å². The average molecular weight is 217 g/mol. The molecule has 0 saturated carbocycles. The van der Waals surface area contributed by atoms with Crippen molar-refractivity contribution < 1.29 is 18.8 Å². The van der Waals surface area contributed by atoms with Gasteiger partial charge in [-0.2, -0.15) is 0 Å². The Morgan fingerprint density at radius 1 is 1.33 bits per heavy atom. The summed E-state index contributed by atoms with van der Waals surface area (Å²) in [5.74, 6) is 0. The number of methoxy groups -OCH3 is 1. The van der Waals surface area contributed by atoms with Gasteiger partial charge in [-0.3, -0.25) is 0 Å². The summed E-state index contributed by atoms with van der Waals surface area (Å²) in [6, 6.07) is 0. The van der Waals surface area contributed by atoms with E-state index in [0.29, 0.717) is 33.0 Å². The summed E-state index contributed by atoms with van der Waals surface area (Å²) in [5.41, 5.74) is -0.0545. The summed E-state index contributed by atoms with van der Waals surface area (Å²) in [6.07, 6.45) is 0. The van der Waals surface area contributed by atoms with Crippen LogP contribution in [0.2, 0.25) is 0 Å². The summed E-state index contributed by atoms with van der Waals surface area (Å²) < 4.78 is 21.3. The summed E-state index contributed by atoms with van der Waals surface area (Å²) in [7, 11) is 3.19. The number of ether oxygens (including phenoxy) is 2. The number of hydrogen-bond acceptors (Lipinski definition) is 5. The maximum Gasteiger partial charge on any atom is 0.554 e. The van der Waals surface area contributed by atoms with Gasteiger partial charge in [0.15, 0.2) is 0 Å². The molecule has 1 aliphatic heterocycles. The van der Waals surface area contributed by atoms with Gasteiger partial charge in [-0.1, -0.05) is 6.92 Å². The predicted octanol–water partition coefficient (Wildman–Crippen LogP) is -0.0932. The fourth-order valence-corrected chi connectivity index (χ4v) is 1.35. The van der Waals surface area contributed by atoms with Crippen LogP contribution in [0, 0.1) is 5.41 Å². The van der Waals surface area contributed by atoms with E-state index in [1.54, 1.807) is 7.11 Å². The molecule has 88 valence electrons. The van der Waals surface area contributed by atoms with Crippen LogP contribution in [0.3, 0.4) is 0 Å². The second-order valence-corrected chi connectivity index (χ2v) is 4.10. The number of rotatable bonds is 6. The van der Waals surface area contributed by atoms with Crippen molar-refractivity contribution in [2.75, 3.05) is 47.2 Å². The highest BCUT2D eigenvalue weighted by Crippen LogP contribution is 2.22. The molecule has 0 unspecified atom stereocenters. The fourth-order valence-electron chi connectivity index (χ4n) is 1.35. The molecule has 1 saturated heterocycles. The first-order chi connectivity index (χ1) is 7.20. The van der Waals surface area contributed by atoms with Crippen LogP contribution in [0.25, 0.3) is 0 Å². The molecule has 0 amide bonds. The fraction of sp³-hybridized carbons (Fsp3) is 1.00. The lowest BCUT2D eigenvalue weighted by Gasteiger charge is -2.35. The van der Waals surface area contributed by atoms with Crippen molar-refractivity contribution in [3.8, 4) is 0 Å². The van der Waals surface area contributed by atoms with Crippen LogP contribution in [-0.4, -0.2) is 54.4 Å². The molecular formula is C9H20BNO4. The Balaban J connectivity index is 2.17. The molecule has 5 nitrogen and oxygen atoms in total. The minimum absolute atomic E-state index is 0.0545. The molecule has 1 N–H and O–H groups in total. The molecule has 0 radical (unpaired) electrons. The summed E-state index contributed by atoms with van der Waals surface area (Å²) in [6.45, 7) is 5.24. The largest absolute Gasteiger partial charge is 0.554 e. The van der Waals surface area contributed by atoms with Crippen LogP contribution < -0.4 is 5.23 Å². The molecule has 1 aliphatic rings. The van der Waals surface area contributed by atoms with Crippen LogP contribution in [0.15, 0.2) is 0 Å². The molecule has 0 aromatic heterocycles. The first-order valence-electron chi connectivity index (χ1n) is 5.17. The molecular weight excluding hydrogens is 197 g/mol. The Morgan fingerprint density at radius 2 is 2.00 bits per heavy atom. The average Bonchev–Trinajstić information content (AvgIpc) is 2.26. The molecule has 6 heteroatoms. The highest BCUT2D eigenvalue weighted by Gasteiger charge is 2.35. The van der Waals surface area contributed by atoms with Gasteiger partial charge >= 0.3 is 7.25 Å². The smallest absolute Gasteiger partial charge is 0.396 e. The second kappa shape index (κ2) is 6.45. The van der Waals surface area contributed by atoms with E-state index >= 15 is 0 Å². The van der Waals surface area contributed by atoms with Gasteiger partial charge in [0, 0.05) is 25.7 Å². The van der Waals surface area contributed by atoms with Gasteiger partial charge in [-0.25, -0.2) is 0 Å². The minimum atomic E-state index is -0.281. The zero-order valence-corrected chi connectivity index (χ0v) is 9.75. The Labute approximate surface area is 91.6 Å². The van der Waals surface area contributed by atoms with Crippen molar-refractivity contribution in [1.82, 2.24) is 5.23 Å². The molecule has 1 heterocycles. The summed E-state index contributed by atoms with van der Waals surface area (Å²) in [4.78, 5) is 0. The molecule has 0 aromatic carbocycles. The topological polar surface area (TPSA) is 49.0 Å². The molecule has 0 bridgehead atoms. The van der Waals surface area contributed by atoms with E-state index < -0.39 is 0 Å². The van der Waals surface area contributed by atoms with Crippen molar-refractivity contribution in [3.63, 3.8) is 0 Å². The van der Waals surface area contributed by atoms with Gasteiger partial charge < -0.3 is 24.0 Å². The molecule has 0 atom stereocenters. The van der Waals surface area contributed by atoms with Gasteiger partial charge in [0.05, 0.1) is 19.8 Å². The Hall–Kier alpha value is -0.135.